The van der Waals surface area contributed by atoms with Crippen LogP contribution in [0.4, 0.5) is 5.69 Å². The third-order valence-corrected chi connectivity index (χ3v) is 8.41. The highest BCUT2D eigenvalue weighted by Gasteiger charge is 2.49. The van der Waals surface area contributed by atoms with Gasteiger partial charge in [-0.1, -0.05) is 49.4 Å². The van der Waals surface area contributed by atoms with Crippen molar-refractivity contribution in [3.8, 4) is 17.0 Å². The number of phenolic OH excluding ortho intramolecular Hbond substituents is 1. The standard InChI is InChI=1S/C34H30N2O6/c1-19-10-15-24-26(16-19)33(40)36(32(24)39)22-13-11-21(12-14-22)28-17-27(23-8-5-6-20(2)31(23)35-28)34(41)42-18-30(38)25-7-3-4-9-29(25)37/h3-9,11-14,17,19,24,26,37H,10,15-16,18H2,1-2H3. The number of esters is 1. The van der Waals surface area contributed by atoms with Crippen molar-refractivity contribution < 1.29 is 29.0 Å². The monoisotopic (exact) mass is 562 g/mol. The molecule has 0 bridgehead atoms. The molecule has 0 spiro atoms. The summed E-state index contributed by atoms with van der Waals surface area (Å²) in [5, 5.41) is 10.6. The molecule has 212 valence electrons. The third kappa shape index (κ3) is 4.83. The lowest BCUT2D eigenvalue weighted by atomic mass is 9.76. The molecule has 2 amide bonds. The fraction of sp³-hybridized carbons (Fsp3) is 0.265. The average molecular weight is 563 g/mol. The molecule has 2 heterocycles. The van der Waals surface area contributed by atoms with Crippen LogP contribution >= 0.6 is 0 Å². The van der Waals surface area contributed by atoms with Crippen LogP contribution in [0.3, 0.4) is 0 Å². The maximum absolute atomic E-state index is 13.3. The summed E-state index contributed by atoms with van der Waals surface area (Å²) in [6.45, 7) is 3.48. The number of carbonyl (C=O) groups is 4. The normalized spacial score (nSPS) is 20.0. The molecule has 1 aliphatic heterocycles. The molecule has 8 heteroatoms. The minimum Gasteiger partial charge on any atom is -0.507 e. The molecule has 1 saturated heterocycles. The van der Waals surface area contributed by atoms with Crippen molar-refractivity contribution in [2.75, 3.05) is 11.5 Å². The smallest absolute Gasteiger partial charge is 0.339 e. The lowest BCUT2D eigenvalue weighted by Crippen LogP contribution is -2.30. The van der Waals surface area contributed by atoms with Crippen LogP contribution in [-0.2, 0) is 14.3 Å². The number of benzene rings is 3. The fourth-order valence-electron chi connectivity index (χ4n) is 6.13. The predicted molar refractivity (Wildman–Crippen MR) is 157 cm³/mol. The van der Waals surface area contributed by atoms with Gasteiger partial charge in [0.25, 0.3) is 0 Å². The zero-order chi connectivity index (χ0) is 29.5. The summed E-state index contributed by atoms with van der Waals surface area (Å²) in [5.74, 6) is -1.73. The minimum atomic E-state index is -0.695. The Bertz CT molecular complexity index is 1750. The van der Waals surface area contributed by atoms with Gasteiger partial charge in [0, 0.05) is 10.9 Å². The van der Waals surface area contributed by atoms with Gasteiger partial charge < -0.3 is 9.84 Å². The first-order chi connectivity index (χ1) is 20.2. The zero-order valence-corrected chi connectivity index (χ0v) is 23.4. The number of carbonyl (C=O) groups excluding carboxylic acids is 4. The Kier molecular flexibility index (Phi) is 7.06. The molecule has 2 fully saturated rings. The van der Waals surface area contributed by atoms with E-state index in [1.54, 1.807) is 48.5 Å². The number of fused-ring (bicyclic) bond motifs is 2. The van der Waals surface area contributed by atoms with Crippen molar-refractivity contribution in [3.05, 3.63) is 89.5 Å². The Morgan fingerprint density at radius 1 is 0.929 bits per heavy atom. The number of imide groups is 1. The van der Waals surface area contributed by atoms with Gasteiger partial charge in [-0.15, -0.1) is 0 Å². The van der Waals surface area contributed by atoms with Gasteiger partial charge in [-0.2, -0.15) is 0 Å². The Hall–Kier alpha value is -4.85. The Morgan fingerprint density at radius 2 is 1.67 bits per heavy atom. The summed E-state index contributed by atoms with van der Waals surface area (Å²) < 4.78 is 5.39. The van der Waals surface area contributed by atoms with Gasteiger partial charge >= 0.3 is 5.97 Å². The molecule has 42 heavy (non-hydrogen) atoms. The highest BCUT2D eigenvalue weighted by Crippen LogP contribution is 2.42. The summed E-state index contributed by atoms with van der Waals surface area (Å²) in [7, 11) is 0. The average Bonchev–Trinajstić information content (AvgIpc) is 3.24. The fourth-order valence-corrected chi connectivity index (χ4v) is 6.13. The molecular formula is C34H30N2O6. The number of rotatable bonds is 6. The van der Waals surface area contributed by atoms with Gasteiger partial charge in [0.1, 0.15) is 5.75 Å². The van der Waals surface area contributed by atoms with Crippen molar-refractivity contribution in [3.63, 3.8) is 0 Å². The van der Waals surface area contributed by atoms with E-state index in [0.717, 1.165) is 24.8 Å². The largest absolute Gasteiger partial charge is 0.507 e. The second kappa shape index (κ2) is 10.9. The van der Waals surface area contributed by atoms with Crippen LogP contribution in [0.2, 0.25) is 0 Å². The molecule has 1 aliphatic carbocycles. The summed E-state index contributed by atoms with van der Waals surface area (Å²) in [6.07, 6.45) is 2.43. The maximum Gasteiger partial charge on any atom is 0.339 e. The van der Waals surface area contributed by atoms with E-state index < -0.39 is 18.4 Å². The Balaban J connectivity index is 1.29. The van der Waals surface area contributed by atoms with Crippen molar-refractivity contribution in [1.29, 1.82) is 0 Å². The number of pyridine rings is 1. The van der Waals surface area contributed by atoms with E-state index in [4.69, 9.17) is 9.72 Å². The van der Waals surface area contributed by atoms with E-state index in [1.807, 2.05) is 19.1 Å². The lowest BCUT2D eigenvalue weighted by molar-refractivity contribution is -0.122. The number of aromatic hydroxyl groups is 1. The number of para-hydroxylation sites is 2. The molecule has 3 atom stereocenters. The van der Waals surface area contributed by atoms with Crippen molar-refractivity contribution in [1.82, 2.24) is 4.98 Å². The number of hydrogen-bond donors (Lipinski definition) is 1. The molecular weight excluding hydrogens is 532 g/mol. The van der Waals surface area contributed by atoms with Crippen molar-refractivity contribution in [2.45, 2.75) is 33.1 Å². The summed E-state index contributed by atoms with van der Waals surface area (Å²) in [4.78, 5) is 58.3. The SMILES string of the molecule is Cc1cccc2c(C(=O)OCC(=O)c3ccccc3O)cc(-c3ccc(N4C(=O)C5CCC(C)CC5C4=O)cc3)nc12. The number of hydrogen-bond acceptors (Lipinski definition) is 7. The molecule has 3 unspecified atom stereocenters. The van der Waals surface area contributed by atoms with Crippen LogP contribution in [0.5, 0.6) is 5.75 Å². The third-order valence-electron chi connectivity index (χ3n) is 8.41. The summed E-state index contributed by atoms with van der Waals surface area (Å²) in [5.41, 5.74) is 3.50. The van der Waals surface area contributed by atoms with E-state index in [2.05, 4.69) is 6.92 Å². The van der Waals surface area contributed by atoms with Crippen LogP contribution < -0.4 is 4.90 Å². The topological polar surface area (TPSA) is 114 Å². The van der Waals surface area contributed by atoms with Gasteiger partial charge in [-0.25, -0.2) is 9.78 Å². The number of ketones is 1. The number of anilines is 1. The van der Waals surface area contributed by atoms with Crippen LogP contribution in [0.25, 0.3) is 22.2 Å². The number of aryl methyl sites for hydroxylation is 1. The Morgan fingerprint density at radius 3 is 2.43 bits per heavy atom. The first kappa shape index (κ1) is 27.3. The number of Topliss-reactive ketones (excluding diaryl/α,β-unsaturated/α-hetero) is 1. The zero-order valence-electron chi connectivity index (χ0n) is 23.4. The van der Waals surface area contributed by atoms with E-state index >= 15 is 0 Å². The van der Waals surface area contributed by atoms with Gasteiger partial charge in [0.2, 0.25) is 17.6 Å². The second-order valence-electron chi connectivity index (χ2n) is 11.2. The van der Waals surface area contributed by atoms with Crippen molar-refractivity contribution in [2.24, 2.45) is 17.8 Å². The van der Waals surface area contributed by atoms with Gasteiger partial charge in [-0.3, -0.25) is 19.3 Å². The lowest BCUT2D eigenvalue weighted by Gasteiger charge is -2.25. The van der Waals surface area contributed by atoms with Crippen LogP contribution in [0.15, 0.2) is 72.8 Å². The summed E-state index contributed by atoms with van der Waals surface area (Å²) >= 11 is 0. The number of ether oxygens (including phenoxy) is 1. The molecule has 1 N–H and O–H groups in total. The van der Waals surface area contributed by atoms with Gasteiger partial charge in [0.15, 0.2) is 6.61 Å². The van der Waals surface area contributed by atoms with Crippen molar-refractivity contribution >= 4 is 40.2 Å². The highest BCUT2D eigenvalue weighted by atomic mass is 16.5. The maximum atomic E-state index is 13.3. The van der Waals surface area contributed by atoms with E-state index in [1.165, 1.54) is 17.0 Å². The first-order valence-corrected chi connectivity index (χ1v) is 14.1. The van der Waals surface area contributed by atoms with Gasteiger partial charge in [-0.05, 0) is 68.0 Å². The molecule has 1 saturated carbocycles. The molecule has 0 radical (unpaired) electrons. The van der Waals surface area contributed by atoms with Crippen LogP contribution in [0.1, 0.15) is 52.5 Å². The number of phenols is 1. The van der Waals surface area contributed by atoms with E-state index in [9.17, 15) is 24.3 Å². The van der Waals surface area contributed by atoms with E-state index in [-0.39, 0.29) is 40.5 Å². The Labute approximate surface area is 242 Å². The molecule has 3 aromatic carbocycles. The number of nitrogens with zero attached hydrogens (tertiary/aromatic N) is 2. The quantitative estimate of drug-likeness (QED) is 0.177. The molecule has 2 aliphatic rings. The van der Waals surface area contributed by atoms with Crippen LogP contribution in [-0.4, -0.2) is 40.3 Å². The second-order valence-corrected chi connectivity index (χ2v) is 11.2. The highest BCUT2D eigenvalue weighted by molar-refractivity contribution is 6.22. The predicted octanol–water partition coefficient (Wildman–Crippen LogP) is 5.88. The minimum absolute atomic E-state index is 0.0743. The summed E-state index contributed by atoms with van der Waals surface area (Å²) in [6, 6.07) is 20.2. The molecule has 4 aromatic rings. The van der Waals surface area contributed by atoms with Gasteiger partial charge in [0.05, 0.1) is 39.9 Å². The molecule has 8 nitrogen and oxygen atoms in total. The molecule has 1 aromatic heterocycles. The van der Waals surface area contributed by atoms with E-state index in [0.29, 0.717) is 33.8 Å². The molecule has 6 rings (SSSR count). The first-order valence-electron chi connectivity index (χ1n) is 14.1. The number of aromatic nitrogens is 1. The number of amides is 2. The van der Waals surface area contributed by atoms with Crippen LogP contribution in [0, 0.1) is 24.7 Å².